The molecule has 8 nitrogen and oxygen atoms in total. The van der Waals surface area contributed by atoms with Gasteiger partial charge in [0.1, 0.15) is 0 Å². The molecule has 0 atom stereocenters. The minimum Gasteiger partial charge on any atom is -0.361 e. The molecule has 5 aromatic heterocycles. The summed E-state index contributed by atoms with van der Waals surface area (Å²) in [6.45, 7) is 0. The summed E-state index contributed by atoms with van der Waals surface area (Å²) in [7, 11) is 0. The van der Waals surface area contributed by atoms with Crippen molar-refractivity contribution in [3.05, 3.63) is 164 Å². The lowest BCUT2D eigenvalue weighted by Gasteiger charge is -1.99. The van der Waals surface area contributed by atoms with Gasteiger partial charge in [-0.1, -0.05) is 53.9 Å². The predicted octanol–water partition coefficient (Wildman–Crippen LogP) is 11.2. The third-order valence-corrected chi connectivity index (χ3v) is 8.86. The Morgan fingerprint density at radius 3 is 1.92 bits per heavy atom. The Labute approximate surface area is 319 Å². The lowest BCUT2D eigenvalue weighted by atomic mass is 10.0. The van der Waals surface area contributed by atoms with Crippen LogP contribution in [-0.4, -0.2) is 31.2 Å². The maximum atomic E-state index is 9.97. The molecular formula is C40H28Br3N7O. The molecule has 5 heterocycles. The van der Waals surface area contributed by atoms with E-state index in [0.29, 0.717) is 17.6 Å². The van der Waals surface area contributed by atoms with E-state index in [1.807, 2.05) is 79.3 Å². The van der Waals surface area contributed by atoms with Crippen molar-refractivity contribution in [2.75, 3.05) is 0 Å². The molecule has 51 heavy (non-hydrogen) atoms. The number of aldehydes is 1. The van der Waals surface area contributed by atoms with Crippen molar-refractivity contribution in [3.8, 4) is 12.1 Å². The molecule has 0 bridgehead atoms. The van der Waals surface area contributed by atoms with Crippen LogP contribution >= 0.6 is 47.8 Å². The molecule has 0 saturated heterocycles. The van der Waals surface area contributed by atoms with Gasteiger partial charge in [0, 0.05) is 101 Å². The van der Waals surface area contributed by atoms with Gasteiger partial charge in [0.25, 0.3) is 0 Å². The first-order chi connectivity index (χ1) is 24.9. The van der Waals surface area contributed by atoms with E-state index in [1.165, 1.54) is 17.1 Å². The fourth-order valence-corrected chi connectivity index (χ4v) is 6.07. The van der Waals surface area contributed by atoms with Crippen LogP contribution in [0.5, 0.6) is 0 Å². The van der Waals surface area contributed by atoms with E-state index in [9.17, 15) is 10.1 Å². The summed E-state index contributed by atoms with van der Waals surface area (Å²) in [6.07, 6.45) is 15.4. The molecule has 0 aliphatic heterocycles. The number of halogens is 3. The fourth-order valence-electron chi connectivity index (χ4n) is 4.97. The van der Waals surface area contributed by atoms with Crippen molar-refractivity contribution in [2.24, 2.45) is 0 Å². The average molecular weight is 862 g/mol. The number of benzene rings is 3. The first-order valence-corrected chi connectivity index (χ1v) is 17.8. The van der Waals surface area contributed by atoms with Crippen LogP contribution in [0.4, 0.5) is 0 Å². The molecule has 0 unspecified atom stereocenters. The monoisotopic (exact) mass is 859 g/mol. The predicted molar refractivity (Wildman–Crippen MR) is 215 cm³/mol. The van der Waals surface area contributed by atoms with Crippen molar-refractivity contribution in [1.29, 1.82) is 10.5 Å². The van der Waals surface area contributed by atoms with Gasteiger partial charge in [0.05, 0.1) is 24.1 Å². The van der Waals surface area contributed by atoms with E-state index in [2.05, 4.69) is 103 Å². The van der Waals surface area contributed by atoms with Crippen molar-refractivity contribution < 1.29 is 4.79 Å². The van der Waals surface area contributed by atoms with Gasteiger partial charge in [-0.15, -0.1) is 0 Å². The topological polar surface area (TPSA) is 138 Å². The Bertz CT molecular complexity index is 2490. The number of allylic oxidation sites excluding steroid dienone is 1. The van der Waals surface area contributed by atoms with Crippen LogP contribution in [0.25, 0.3) is 44.4 Å². The molecule has 3 N–H and O–H groups in total. The molecular weight excluding hydrogens is 834 g/mol. The molecule has 0 radical (unpaired) electrons. The van der Waals surface area contributed by atoms with Gasteiger partial charge in [-0.05, 0) is 96.1 Å². The van der Waals surface area contributed by atoms with Crippen LogP contribution in [0.2, 0.25) is 0 Å². The molecule has 0 fully saturated rings. The quantitative estimate of drug-likeness (QED) is 0.119. The van der Waals surface area contributed by atoms with Crippen molar-refractivity contribution >= 4 is 98.4 Å². The second-order valence-corrected chi connectivity index (χ2v) is 13.5. The van der Waals surface area contributed by atoms with Crippen LogP contribution in [-0.2, 0) is 6.42 Å². The summed E-state index contributed by atoms with van der Waals surface area (Å²) < 4.78 is 3.16. The summed E-state index contributed by atoms with van der Waals surface area (Å²) in [5, 5.41) is 21.4. The highest BCUT2D eigenvalue weighted by Crippen LogP contribution is 2.29. The average Bonchev–Trinajstić information content (AvgIpc) is 3.91. The highest BCUT2D eigenvalue weighted by atomic mass is 79.9. The minimum atomic E-state index is 0.455. The lowest BCUT2D eigenvalue weighted by Crippen LogP contribution is -1.81. The van der Waals surface area contributed by atoms with Crippen molar-refractivity contribution in [1.82, 2.24) is 24.9 Å². The zero-order valence-corrected chi connectivity index (χ0v) is 31.6. The van der Waals surface area contributed by atoms with Crippen molar-refractivity contribution in [3.63, 3.8) is 0 Å². The zero-order valence-electron chi connectivity index (χ0n) is 26.8. The SMILES string of the molecule is Brc1ccc2[nH]ccc2c1.N#C/C(=C\c1cccnc1)c1c[nH]c2ccc(Br)cc12.N#CCc1c[nH]c2ccc(Br)cc12.O=Cc1cccnc1. The second-order valence-electron chi connectivity index (χ2n) is 10.8. The number of pyridine rings is 2. The first-order valence-electron chi connectivity index (χ1n) is 15.4. The molecule has 11 heteroatoms. The maximum Gasteiger partial charge on any atom is 0.151 e. The van der Waals surface area contributed by atoms with Gasteiger partial charge in [0.15, 0.2) is 6.29 Å². The number of fused-ring (bicyclic) bond motifs is 3. The third-order valence-electron chi connectivity index (χ3n) is 7.38. The number of aromatic amines is 3. The van der Waals surface area contributed by atoms with E-state index in [1.54, 1.807) is 30.7 Å². The van der Waals surface area contributed by atoms with Gasteiger partial charge in [-0.2, -0.15) is 10.5 Å². The number of hydrogen-bond acceptors (Lipinski definition) is 5. The van der Waals surface area contributed by atoms with Gasteiger partial charge in [-0.3, -0.25) is 14.8 Å². The third kappa shape index (κ3) is 10.2. The molecule has 0 aliphatic carbocycles. The number of nitriles is 2. The highest BCUT2D eigenvalue weighted by molar-refractivity contribution is 9.11. The van der Waals surface area contributed by atoms with E-state index in [0.717, 1.165) is 58.2 Å². The van der Waals surface area contributed by atoms with Gasteiger partial charge >= 0.3 is 0 Å². The van der Waals surface area contributed by atoms with Crippen molar-refractivity contribution in [2.45, 2.75) is 6.42 Å². The lowest BCUT2D eigenvalue weighted by molar-refractivity contribution is 0.112. The normalized spacial score (nSPS) is 10.5. The molecule has 0 saturated carbocycles. The Kier molecular flexibility index (Phi) is 13.2. The van der Waals surface area contributed by atoms with Crippen LogP contribution in [0.15, 0.2) is 142 Å². The molecule has 8 aromatic rings. The van der Waals surface area contributed by atoms with Gasteiger partial charge < -0.3 is 15.0 Å². The number of aromatic nitrogens is 5. The number of nitrogens with one attached hydrogen (secondary N) is 3. The summed E-state index contributed by atoms with van der Waals surface area (Å²) in [5.74, 6) is 0. The number of rotatable bonds is 4. The zero-order chi connectivity index (χ0) is 36.0. The van der Waals surface area contributed by atoms with Gasteiger partial charge in [-0.25, -0.2) is 0 Å². The summed E-state index contributed by atoms with van der Waals surface area (Å²) in [6, 6.07) is 31.8. The second kappa shape index (κ2) is 18.4. The Balaban J connectivity index is 0.000000140. The number of nitrogens with zero attached hydrogens (tertiary/aromatic N) is 4. The largest absolute Gasteiger partial charge is 0.361 e. The molecule has 250 valence electrons. The standard InChI is InChI=1S/C16H10BrN3.C10H7BrN2.C8H6BrN.C6H5NO/c17-13-3-4-16-14(7-13)15(10-20-16)12(8-18)6-11-2-1-5-19-9-11;11-8-1-2-10-9(5-8)7(3-4-12)6-13-10;9-7-1-2-8-6(5-7)3-4-10-8;8-5-6-2-1-3-7-4-6/h1-7,9-10,20H;1-2,5-6,13H,3H2;1-5,10H;1-5H/b12-6+;;;. The highest BCUT2D eigenvalue weighted by Gasteiger charge is 2.09. The number of carbonyl (C=O) groups excluding carboxylic acids is 1. The first kappa shape index (κ1) is 36.7. The minimum absolute atomic E-state index is 0.455. The number of hydrogen-bond donors (Lipinski definition) is 3. The summed E-state index contributed by atoms with van der Waals surface area (Å²) in [5.41, 5.74) is 7.36. The smallest absolute Gasteiger partial charge is 0.151 e. The molecule has 0 amide bonds. The van der Waals surface area contributed by atoms with Gasteiger partial charge in [0.2, 0.25) is 0 Å². The Hall–Kier alpha value is -5.59. The Morgan fingerprint density at radius 1 is 0.706 bits per heavy atom. The van der Waals surface area contributed by atoms with E-state index in [4.69, 9.17) is 5.26 Å². The fraction of sp³-hybridized carbons (Fsp3) is 0.0250. The molecule has 0 spiro atoms. The van der Waals surface area contributed by atoms with E-state index in [-0.39, 0.29) is 0 Å². The Morgan fingerprint density at radius 2 is 1.31 bits per heavy atom. The van der Waals surface area contributed by atoms with Crippen LogP contribution in [0, 0.1) is 22.7 Å². The summed E-state index contributed by atoms with van der Waals surface area (Å²) in [4.78, 5) is 27.2. The molecule has 0 aliphatic rings. The molecule has 8 rings (SSSR count). The maximum absolute atomic E-state index is 9.97. The summed E-state index contributed by atoms with van der Waals surface area (Å²) >= 11 is 10.3. The van der Waals surface area contributed by atoms with Crippen LogP contribution in [0.1, 0.15) is 27.0 Å². The van der Waals surface area contributed by atoms with E-state index >= 15 is 0 Å². The van der Waals surface area contributed by atoms with Crippen LogP contribution < -0.4 is 0 Å². The number of H-pyrrole nitrogens is 3. The molecule has 3 aromatic carbocycles. The van der Waals surface area contributed by atoms with E-state index < -0.39 is 0 Å². The van der Waals surface area contributed by atoms with Crippen LogP contribution in [0.3, 0.4) is 0 Å². The number of carbonyl (C=O) groups is 1.